The molecule has 3 aromatic rings. The lowest BCUT2D eigenvalue weighted by Gasteiger charge is -2.08. The molecule has 0 atom stereocenters. The predicted octanol–water partition coefficient (Wildman–Crippen LogP) is 2.74. The van der Waals surface area contributed by atoms with Gasteiger partial charge in [0.15, 0.2) is 11.5 Å². The van der Waals surface area contributed by atoms with Gasteiger partial charge in [0.25, 0.3) is 5.91 Å². The van der Waals surface area contributed by atoms with Gasteiger partial charge in [0.1, 0.15) is 17.3 Å². The Balaban J connectivity index is 1.93. The second-order valence-electron chi connectivity index (χ2n) is 4.88. The minimum Gasteiger partial charge on any atom is -0.304 e. The summed E-state index contributed by atoms with van der Waals surface area (Å²) >= 11 is 0. The second kappa shape index (κ2) is 6.12. The van der Waals surface area contributed by atoms with Crippen LogP contribution in [0.2, 0.25) is 0 Å². The van der Waals surface area contributed by atoms with E-state index in [0.717, 1.165) is 0 Å². The molecule has 0 bridgehead atoms. The smallest absolute Gasteiger partial charge is 0.304 e. The Labute approximate surface area is 138 Å². The van der Waals surface area contributed by atoms with Gasteiger partial charge in [-0.2, -0.15) is 28.6 Å². The van der Waals surface area contributed by atoms with Crippen LogP contribution in [0.1, 0.15) is 21.7 Å². The molecule has 1 aromatic carbocycles. The third kappa shape index (κ3) is 3.20. The SMILES string of the molecule is N#Cc1cnn(-c2ccccc2)c1NC(=O)c1cc(C(F)(F)F)[nH]n1. The number of rotatable bonds is 3. The number of nitrogens with one attached hydrogen (secondary N) is 2. The Morgan fingerprint density at radius 2 is 2.00 bits per heavy atom. The number of amides is 1. The lowest BCUT2D eigenvalue weighted by atomic mass is 10.3. The van der Waals surface area contributed by atoms with Crippen molar-refractivity contribution in [2.75, 3.05) is 5.32 Å². The van der Waals surface area contributed by atoms with E-state index >= 15 is 0 Å². The molecule has 2 aromatic heterocycles. The van der Waals surface area contributed by atoms with E-state index in [1.807, 2.05) is 6.07 Å². The van der Waals surface area contributed by atoms with Gasteiger partial charge >= 0.3 is 6.18 Å². The lowest BCUT2D eigenvalue weighted by Crippen LogP contribution is -2.16. The number of hydrogen-bond donors (Lipinski definition) is 2. The number of aromatic amines is 1. The molecule has 0 aliphatic rings. The van der Waals surface area contributed by atoms with Gasteiger partial charge in [0.2, 0.25) is 0 Å². The fourth-order valence-corrected chi connectivity index (χ4v) is 2.07. The first-order chi connectivity index (χ1) is 11.9. The fourth-order valence-electron chi connectivity index (χ4n) is 2.07. The maximum Gasteiger partial charge on any atom is 0.432 e. The van der Waals surface area contributed by atoms with Gasteiger partial charge in [-0.3, -0.25) is 9.89 Å². The number of anilines is 1. The summed E-state index contributed by atoms with van der Waals surface area (Å²) < 4.78 is 39.1. The summed E-state index contributed by atoms with van der Waals surface area (Å²) in [5, 5.41) is 20.7. The summed E-state index contributed by atoms with van der Waals surface area (Å²) in [7, 11) is 0. The van der Waals surface area contributed by atoms with Crippen molar-refractivity contribution in [3.05, 3.63) is 59.5 Å². The molecule has 0 saturated carbocycles. The Bertz CT molecular complexity index is 952. The molecule has 0 aliphatic carbocycles. The zero-order chi connectivity index (χ0) is 18.0. The van der Waals surface area contributed by atoms with E-state index in [0.29, 0.717) is 11.8 Å². The molecule has 0 saturated heterocycles. The summed E-state index contributed by atoms with van der Waals surface area (Å²) in [4.78, 5) is 12.2. The minimum absolute atomic E-state index is 0.0373. The maximum atomic E-state index is 12.6. The fraction of sp³-hybridized carbons (Fsp3) is 0.0667. The highest BCUT2D eigenvalue weighted by Crippen LogP contribution is 2.28. The van der Waals surface area contributed by atoms with E-state index in [2.05, 4.69) is 15.5 Å². The van der Waals surface area contributed by atoms with Crippen LogP contribution in [-0.2, 0) is 6.18 Å². The van der Waals surface area contributed by atoms with E-state index in [4.69, 9.17) is 5.26 Å². The van der Waals surface area contributed by atoms with Crippen LogP contribution in [0, 0.1) is 11.3 Å². The number of para-hydroxylation sites is 1. The van der Waals surface area contributed by atoms with Crippen LogP contribution in [0.5, 0.6) is 0 Å². The summed E-state index contributed by atoms with van der Waals surface area (Å²) in [5.74, 6) is -0.865. The standard InChI is InChI=1S/C15H9F3N6O/c16-15(17,18)12-6-11(22-23-12)14(25)21-13-9(7-19)8-20-24(13)10-4-2-1-3-5-10/h1-6,8H,(H,21,25)(H,22,23). The molecule has 2 heterocycles. The summed E-state index contributed by atoms with van der Waals surface area (Å²) in [6.45, 7) is 0. The second-order valence-corrected chi connectivity index (χ2v) is 4.88. The van der Waals surface area contributed by atoms with Crippen LogP contribution >= 0.6 is 0 Å². The van der Waals surface area contributed by atoms with Gasteiger partial charge < -0.3 is 5.32 Å². The van der Waals surface area contributed by atoms with Gasteiger partial charge in [-0.05, 0) is 12.1 Å². The average molecular weight is 346 g/mol. The van der Waals surface area contributed by atoms with Crippen molar-refractivity contribution >= 4 is 11.7 Å². The van der Waals surface area contributed by atoms with Crippen LogP contribution in [0.3, 0.4) is 0 Å². The van der Waals surface area contributed by atoms with E-state index < -0.39 is 23.5 Å². The molecule has 0 fully saturated rings. The topological polar surface area (TPSA) is 99.4 Å². The Morgan fingerprint density at radius 3 is 2.60 bits per heavy atom. The molecule has 126 valence electrons. The Hall–Kier alpha value is -3.61. The van der Waals surface area contributed by atoms with Crippen molar-refractivity contribution < 1.29 is 18.0 Å². The number of alkyl halides is 3. The van der Waals surface area contributed by atoms with Crippen LogP contribution in [0.25, 0.3) is 5.69 Å². The largest absolute Gasteiger partial charge is 0.432 e. The number of aromatic nitrogens is 4. The molecule has 10 heteroatoms. The van der Waals surface area contributed by atoms with Crippen LogP contribution in [0.15, 0.2) is 42.6 Å². The van der Waals surface area contributed by atoms with E-state index in [1.165, 1.54) is 10.9 Å². The van der Waals surface area contributed by atoms with Crippen LogP contribution in [0.4, 0.5) is 19.0 Å². The summed E-state index contributed by atoms with van der Waals surface area (Å²) in [6, 6.07) is 11.1. The zero-order valence-corrected chi connectivity index (χ0v) is 12.4. The van der Waals surface area contributed by atoms with Crippen molar-refractivity contribution in [2.24, 2.45) is 0 Å². The molecule has 3 rings (SSSR count). The third-order valence-corrected chi connectivity index (χ3v) is 3.24. The highest BCUT2D eigenvalue weighted by molar-refractivity contribution is 6.03. The summed E-state index contributed by atoms with van der Waals surface area (Å²) in [6.07, 6.45) is -3.40. The molecular weight excluding hydrogens is 337 g/mol. The number of hydrogen-bond acceptors (Lipinski definition) is 4. The third-order valence-electron chi connectivity index (χ3n) is 3.24. The number of H-pyrrole nitrogens is 1. The van der Waals surface area contributed by atoms with Crippen molar-refractivity contribution in [1.82, 2.24) is 20.0 Å². The minimum atomic E-state index is -4.64. The van der Waals surface area contributed by atoms with Crippen LogP contribution in [-0.4, -0.2) is 25.9 Å². The lowest BCUT2D eigenvalue weighted by molar-refractivity contribution is -0.141. The molecule has 1 amide bonds. The maximum absolute atomic E-state index is 12.6. The first-order valence-electron chi connectivity index (χ1n) is 6.87. The normalized spacial score (nSPS) is 11.1. The van der Waals surface area contributed by atoms with Gasteiger partial charge in [0, 0.05) is 6.07 Å². The number of halogens is 3. The van der Waals surface area contributed by atoms with Gasteiger partial charge in [0.05, 0.1) is 11.9 Å². The molecule has 0 radical (unpaired) electrons. The molecule has 7 nitrogen and oxygen atoms in total. The number of nitriles is 1. The molecule has 0 unspecified atom stereocenters. The predicted molar refractivity (Wildman–Crippen MR) is 79.8 cm³/mol. The van der Waals surface area contributed by atoms with Gasteiger partial charge in [-0.25, -0.2) is 4.68 Å². The quantitative estimate of drug-likeness (QED) is 0.762. The molecule has 2 N–H and O–H groups in total. The van der Waals surface area contributed by atoms with Crippen molar-refractivity contribution in [3.8, 4) is 11.8 Å². The monoisotopic (exact) mass is 346 g/mol. The van der Waals surface area contributed by atoms with E-state index in [1.54, 1.807) is 35.4 Å². The van der Waals surface area contributed by atoms with Crippen LogP contribution < -0.4 is 5.32 Å². The average Bonchev–Trinajstić information content (AvgIpc) is 3.22. The van der Waals surface area contributed by atoms with Crippen molar-refractivity contribution in [2.45, 2.75) is 6.18 Å². The Kier molecular flexibility index (Phi) is 3.98. The van der Waals surface area contributed by atoms with Crippen molar-refractivity contribution in [3.63, 3.8) is 0 Å². The first-order valence-corrected chi connectivity index (χ1v) is 6.87. The number of nitrogens with zero attached hydrogens (tertiary/aromatic N) is 4. The van der Waals surface area contributed by atoms with Gasteiger partial charge in [-0.1, -0.05) is 18.2 Å². The highest BCUT2D eigenvalue weighted by atomic mass is 19.4. The number of carbonyl (C=O) groups excluding carboxylic acids is 1. The highest BCUT2D eigenvalue weighted by Gasteiger charge is 2.34. The molecule has 0 spiro atoms. The van der Waals surface area contributed by atoms with Crippen molar-refractivity contribution in [1.29, 1.82) is 5.26 Å². The molecular formula is C15H9F3N6O. The Morgan fingerprint density at radius 1 is 1.28 bits per heavy atom. The molecule has 25 heavy (non-hydrogen) atoms. The number of benzene rings is 1. The van der Waals surface area contributed by atoms with E-state index in [-0.39, 0.29) is 11.4 Å². The summed E-state index contributed by atoms with van der Waals surface area (Å²) in [5.41, 5.74) is -0.979. The van der Waals surface area contributed by atoms with E-state index in [9.17, 15) is 18.0 Å². The molecule has 0 aliphatic heterocycles. The van der Waals surface area contributed by atoms with Gasteiger partial charge in [-0.15, -0.1) is 0 Å². The number of carbonyl (C=O) groups is 1. The first kappa shape index (κ1) is 16.3. The zero-order valence-electron chi connectivity index (χ0n) is 12.4.